The molecule has 0 aliphatic carbocycles. The molecular weight excluding hydrogens is 174 g/mol. The van der Waals surface area contributed by atoms with Gasteiger partial charge >= 0.3 is 0 Å². The number of aryl methyl sites for hydroxylation is 1. The van der Waals surface area contributed by atoms with Crippen molar-refractivity contribution in [3.8, 4) is 5.75 Å². The van der Waals surface area contributed by atoms with Gasteiger partial charge in [-0.1, -0.05) is 25.5 Å². The largest absolute Gasteiger partial charge is 0.493 e. The molecule has 0 aromatic heterocycles. The molecular formula is C12H19NO. The number of hydrogen-bond acceptors (Lipinski definition) is 2. The minimum absolute atomic E-state index is 0.574. The van der Waals surface area contributed by atoms with Crippen molar-refractivity contribution >= 4 is 0 Å². The van der Waals surface area contributed by atoms with Gasteiger partial charge in [-0.25, -0.2) is 0 Å². The fourth-order valence-corrected chi connectivity index (χ4v) is 1.25. The van der Waals surface area contributed by atoms with Crippen molar-refractivity contribution in [2.75, 3.05) is 6.61 Å². The van der Waals surface area contributed by atoms with E-state index in [9.17, 15) is 0 Å². The highest BCUT2D eigenvalue weighted by Gasteiger charge is 2.00. The van der Waals surface area contributed by atoms with Crippen LogP contribution in [0.15, 0.2) is 18.2 Å². The monoisotopic (exact) mass is 193 g/mol. The normalized spacial score (nSPS) is 10.2. The van der Waals surface area contributed by atoms with Gasteiger partial charge in [0.2, 0.25) is 0 Å². The molecule has 2 N–H and O–H groups in total. The molecule has 14 heavy (non-hydrogen) atoms. The molecule has 1 rings (SSSR count). The quantitative estimate of drug-likeness (QED) is 0.730. The van der Waals surface area contributed by atoms with Crippen LogP contribution < -0.4 is 10.5 Å². The Morgan fingerprint density at radius 1 is 1.36 bits per heavy atom. The fraction of sp³-hybridized carbons (Fsp3) is 0.500. The van der Waals surface area contributed by atoms with Crippen molar-refractivity contribution in [2.24, 2.45) is 5.73 Å². The fourth-order valence-electron chi connectivity index (χ4n) is 1.25. The van der Waals surface area contributed by atoms with Gasteiger partial charge < -0.3 is 10.5 Å². The smallest absolute Gasteiger partial charge is 0.122 e. The SMILES string of the molecule is CCCCOc1cc(CN)ccc1C. The standard InChI is InChI=1S/C12H19NO/c1-3-4-7-14-12-8-11(9-13)6-5-10(12)2/h5-6,8H,3-4,7,9,13H2,1-2H3. The van der Waals surface area contributed by atoms with Crippen LogP contribution in [0.4, 0.5) is 0 Å². The van der Waals surface area contributed by atoms with Gasteiger partial charge in [-0.05, 0) is 30.5 Å². The highest BCUT2D eigenvalue weighted by Crippen LogP contribution is 2.19. The molecule has 0 saturated carbocycles. The van der Waals surface area contributed by atoms with E-state index in [1.165, 1.54) is 5.56 Å². The molecule has 0 atom stereocenters. The zero-order valence-corrected chi connectivity index (χ0v) is 9.05. The van der Waals surface area contributed by atoms with Crippen molar-refractivity contribution in [3.05, 3.63) is 29.3 Å². The second-order valence-electron chi connectivity index (χ2n) is 3.51. The Kier molecular flexibility index (Phi) is 4.47. The molecule has 0 aliphatic rings. The lowest BCUT2D eigenvalue weighted by Crippen LogP contribution is -2.01. The molecule has 78 valence electrons. The molecule has 0 unspecified atom stereocenters. The molecule has 0 radical (unpaired) electrons. The average molecular weight is 193 g/mol. The van der Waals surface area contributed by atoms with E-state index in [1.54, 1.807) is 0 Å². The molecule has 0 aliphatic heterocycles. The second-order valence-corrected chi connectivity index (χ2v) is 3.51. The summed E-state index contributed by atoms with van der Waals surface area (Å²) in [5, 5.41) is 0. The van der Waals surface area contributed by atoms with E-state index < -0.39 is 0 Å². The van der Waals surface area contributed by atoms with E-state index >= 15 is 0 Å². The molecule has 2 heteroatoms. The van der Waals surface area contributed by atoms with Gasteiger partial charge in [0, 0.05) is 6.54 Å². The van der Waals surface area contributed by atoms with E-state index in [2.05, 4.69) is 19.9 Å². The van der Waals surface area contributed by atoms with Crippen LogP contribution in [-0.4, -0.2) is 6.61 Å². The van der Waals surface area contributed by atoms with Gasteiger partial charge in [0.25, 0.3) is 0 Å². The van der Waals surface area contributed by atoms with Gasteiger partial charge in [0.15, 0.2) is 0 Å². The van der Waals surface area contributed by atoms with Gasteiger partial charge in [0.05, 0.1) is 6.61 Å². The molecule has 2 nitrogen and oxygen atoms in total. The summed E-state index contributed by atoms with van der Waals surface area (Å²) in [6.07, 6.45) is 2.27. The lowest BCUT2D eigenvalue weighted by Gasteiger charge is -2.09. The summed E-state index contributed by atoms with van der Waals surface area (Å²) in [6, 6.07) is 6.14. The third-order valence-electron chi connectivity index (χ3n) is 2.24. The molecule has 0 spiro atoms. The molecule has 0 fully saturated rings. The van der Waals surface area contributed by atoms with Crippen LogP contribution >= 0.6 is 0 Å². The number of rotatable bonds is 5. The number of benzene rings is 1. The molecule has 1 aromatic carbocycles. The second kappa shape index (κ2) is 5.66. The van der Waals surface area contributed by atoms with Crippen LogP contribution in [0.3, 0.4) is 0 Å². The van der Waals surface area contributed by atoms with Crippen molar-refractivity contribution < 1.29 is 4.74 Å². The highest BCUT2D eigenvalue weighted by molar-refractivity contribution is 5.36. The Bertz CT molecular complexity index is 284. The summed E-state index contributed by atoms with van der Waals surface area (Å²) in [5.74, 6) is 0.974. The first-order chi connectivity index (χ1) is 6.77. The maximum atomic E-state index is 5.66. The topological polar surface area (TPSA) is 35.2 Å². The Morgan fingerprint density at radius 2 is 2.14 bits per heavy atom. The minimum atomic E-state index is 0.574. The molecule has 1 aromatic rings. The van der Waals surface area contributed by atoms with Crippen LogP contribution in [0.2, 0.25) is 0 Å². The Labute approximate surface area is 86.1 Å². The van der Waals surface area contributed by atoms with Gasteiger partial charge in [-0.3, -0.25) is 0 Å². The highest BCUT2D eigenvalue weighted by atomic mass is 16.5. The van der Waals surface area contributed by atoms with E-state index in [0.29, 0.717) is 6.54 Å². The first-order valence-corrected chi connectivity index (χ1v) is 5.20. The molecule has 0 saturated heterocycles. The maximum absolute atomic E-state index is 5.66. The number of hydrogen-bond donors (Lipinski definition) is 1. The van der Waals surface area contributed by atoms with E-state index in [0.717, 1.165) is 30.8 Å². The zero-order chi connectivity index (χ0) is 10.4. The third-order valence-corrected chi connectivity index (χ3v) is 2.24. The van der Waals surface area contributed by atoms with Crippen LogP contribution in [0.1, 0.15) is 30.9 Å². The summed E-state index contributed by atoms with van der Waals surface area (Å²) in [6.45, 7) is 5.59. The van der Waals surface area contributed by atoms with E-state index in [-0.39, 0.29) is 0 Å². The van der Waals surface area contributed by atoms with Crippen molar-refractivity contribution in [2.45, 2.75) is 33.2 Å². The lowest BCUT2D eigenvalue weighted by atomic mass is 10.1. The summed E-state index contributed by atoms with van der Waals surface area (Å²) < 4.78 is 5.66. The predicted octanol–water partition coefficient (Wildman–Crippen LogP) is 2.63. The van der Waals surface area contributed by atoms with Crippen molar-refractivity contribution in [1.29, 1.82) is 0 Å². The molecule has 0 amide bonds. The predicted molar refractivity (Wildman–Crippen MR) is 59.5 cm³/mol. The van der Waals surface area contributed by atoms with E-state index in [4.69, 9.17) is 10.5 Å². The number of ether oxygens (including phenoxy) is 1. The first kappa shape index (κ1) is 11.1. The van der Waals surface area contributed by atoms with Crippen LogP contribution in [0.5, 0.6) is 5.75 Å². The first-order valence-electron chi connectivity index (χ1n) is 5.20. The zero-order valence-electron chi connectivity index (χ0n) is 9.05. The van der Waals surface area contributed by atoms with Crippen LogP contribution in [0, 0.1) is 6.92 Å². The minimum Gasteiger partial charge on any atom is -0.493 e. The molecule has 0 bridgehead atoms. The Hall–Kier alpha value is -1.02. The average Bonchev–Trinajstić information content (AvgIpc) is 2.21. The maximum Gasteiger partial charge on any atom is 0.122 e. The van der Waals surface area contributed by atoms with Gasteiger partial charge in [0.1, 0.15) is 5.75 Å². The summed E-state index contributed by atoms with van der Waals surface area (Å²) in [7, 11) is 0. The lowest BCUT2D eigenvalue weighted by molar-refractivity contribution is 0.307. The Balaban J connectivity index is 2.64. The summed E-state index contributed by atoms with van der Waals surface area (Å²) in [5.41, 5.74) is 7.87. The third kappa shape index (κ3) is 3.04. The van der Waals surface area contributed by atoms with Crippen molar-refractivity contribution in [1.82, 2.24) is 0 Å². The Morgan fingerprint density at radius 3 is 2.79 bits per heavy atom. The van der Waals surface area contributed by atoms with Gasteiger partial charge in [-0.15, -0.1) is 0 Å². The van der Waals surface area contributed by atoms with Crippen LogP contribution in [0.25, 0.3) is 0 Å². The van der Waals surface area contributed by atoms with Crippen molar-refractivity contribution in [3.63, 3.8) is 0 Å². The van der Waals surface area contributed by atoms with Crippen LogP contribution in [-0.2, 0) is 6.54 Å². The summed E-state index contributed by atoms with van der Waals surface area (Å²) >= 11 is 0. The van der Waals surface area contributed by atoms with Gasteiger partial charge in [-0.2, -0.15) is 0 Å². The number of nitrogens with two attached hydrogens (primary N) is 1. The van der Waals surface area contributed by atoms with E-state index in [1.807, 2.05) is 12.1 Å². The summed E-state index contributed by atoms with van der Waals surface area (Å²) in [4.78, 5) is 0. The number of unbranched alkanes of at least 4 members (excludes halogenated alkanes) is 1. The molecule has 0 heterocycles.